The molecule has 0 spiro atoms. The van der Waals surface area contributed by atoms with Gasteiger partial charge in [-0.2, -0.15) is 0 Å². The zero-order valence-electron chi connectivity index (χ0n) is 13.5. The second-order valence-corrected chi connectivity index (χ2v) is 5.80. The van der Waals surface area contributed by atoms with E-state index in [2.05, 4.69) is 28.2 Å². The number of amides is 1. The third-order valence-corrected chi connectivity index (χ3v) is 4.25. The predicted octanol–water partition coefficient (Wildman–Crippen LogP) is 3.85. The molecule has 6 heteroatoms. The van der Waals surface area contributed by atoms with E-state index in [0.717, 1.165) is 6.42 Å². The van der Waals surface area contributed by atoms with Gasteiger partial charge in [-0.05, 0) is 52.2 Å². The van der Waals surface area contributed by atoms with Crippen molar-refractivity contribution in [3.8, 4) is 11.5 Å². The number of carbonyl (C=O) groups excluding carboxylic acids is 2. The zero-order chi connectivity index (χ0) is 17.5. The minimum atomic E-state index is -0.301. The lowest BCUT2D eigenvalue weighted by Gasteiger charge is -2.13. The van der Waals surface area contributed by atoms with Gasteiger partial charge >= 0.3 is 0 Å². The summed E-state index contributed by atoms with van der Waals surface area (Å²) in [4.78, 5) is 23.0. The summed E-state index contributed by atoms with van der Waals surface area (Å²) in [6.07, 6.45) is 1.64. The molecule has 126 valence electrons. The maximum atomic E-state index is 12.0. The van der Waals surface area contributed by atoms with E-state index in [1.165, 1.54) is 12.7 Å². The Morgan fingerprint density at radius 2 is 1.92 bits per heavy atom. The van der Waals surface area contributed by atoms with Gasteiger partial charge in [0.25, 0.3) is 5.91 Å². The number of rotatable bonds is 7. The molecule has 0 aliphatic heterocycles. The van der Waals surface area contributed by atoms with Crippen molar-refractivity contribution >= 4 is 33.8 Å². The Morgan fingerprint density at radius 1 is 1.21 bits per heavy atom. The fourth-order valence-corrected chi connectivity index (χ4v) is 2.63. The van der Waals surface area contributed by atoms with Crippen LogP contribution < -0.4 is 14.8 Å². The number of hydrogen-bond donors (Lipinski definition) is 1. The molecule has 0 atom stereocenters. The zero-order valence-corrected chi connectivity index (χ0v) is 15.1. The van der Waals surface area contributed by atoms with Crippen LogP contribution in [0.25, 0.3) is 0 Å². The topological polar surface area (TPSA) is 64.6 Å². The van der Waals surface area contributed by atoms with E-state index >= 15 is 0 Å². The van der Waals surface area contributed by atoms with Crippen LogP contribution in [0, 0.1) is 0 Å². The highest BCUT2D eigenvalue weighted by Crippen LogP contribution is 2.37. The summed E-state index contributed by atoms with van der Waals surface area (Å²) in [5.41, 5.74) is 2.32. The van der Waals surface area contributed by atoms with Crippen LogP contribution in [-0.4, -0.2) is 25.9 Å². The Morgan fingerprint density at radius 3 is 2.50 bits per heavy atom. The number of hydrogen-bond acceptors (Lipinski definition) is 4. The molecule has 0 heterocycles. The Hall–Kier alpha value is -2.34. The number of halogens is 1. The SMILES string of the molecule is CCc1ccc(NC(=O)COc2c(OC)ccc(C=O)c2Br)cc1. The molecule has 0 bridgehead atoms. The van der Waals surface area contributed by atoms with Gasteiger partial charge in [-0.3, -0.25) is 9.59 Å². The van der Waals surface area contributed by atoms with Gasteiger partial charge in [0.15, 0.2) is 24.4 Å². The fourth-order valence-electron chi connectivity index (χ4n) is 2.10. The highest BCUT2D eigenvalue weighted by Gasteiger charge is 2.15. The minimum Gasteiger partial charge on any atom is -0.493 e. The van der Waals surface area contributed by atoms with Crippen molar-refractivity contribution in [3.05, 3.63) is 52.0 Å². The van der Waals surface area contributed by atoms with Crippen molar-refractivity contribution in [1.29, 1.82) is 0 Å². The van der Waals surface area contributed by atoms with Gasteiger partial charge in [-0.25, -0.2) is 0 Å². The molecule has 0 unspecified atom stereocenters. The summed E-state index contributed by atoms with van der Waals surface area (Å²) in [7, 11) is 1.49. The first-order chi connectivity index (χ1) is 11.6. The minimum absolute atomic E-state index is 0.202. The third kappa shape index (κ3) is 4.35. The molecular weight excluding hydrogens is 374 g/mol. The summed E-state index contributed by atoms with van der Waals surface area (Å²) in [5.74, 6) is 0.455. The van der Waals surface area contributed by atoms with Crippen LogP contribution in [-0.2, 0) is 11.2 Å². The quantitative estimate of drug-likeness (QED) is 0.727. The van der Waals surface area contributed by atoms with Gasteiger partial charge in [0, 0.05) is 11.3 Å². The van der Waals surface area contributed by atoms with Gasteiger partial charge < -0.3 is 14.8 Å². The van der Waals surface area contributed by atoms with E-state index in [1.54, 1.807) is 12.1 Å². The van der Waals surface area contributed by atoms with Crippen LogP contribution >= 0.6 is 15.9 Å². The lowest BCUT2D eigenvalue weighted by atomic mass is 10.1. The van der Waals surface area contributed by atoms with Gasteiger partial charge in [0.05, 0.1) is 11.6 Å². The van der Waals surface area contributed by atoms with Gasteiger partial charge in [-0.1, -0.05) is 19.1 Å². The lowest BCUT2D eigenvalue weighted by Crippen LogP contribution is -2.20. The molecule has 24 heavy (non-hydrogen) atoms. The third-order valence-electron chi connectivity index (χ3n) is 3.43. The first-order valence-corrected chi connectivity index (χ1v) is 8.21. The lowest BCUT2D eigenvalue weighted by molar-refractivity contribution is -0.118. The number of aryl methyl sites for hydroxylation is 1. The number of nitrogens with one attached hydrogen (secondary N) is 1. The Kier molecular flexibility index (Phi) is 6.37. The second kappa shape index (κ2) is 8.49. The molecule has 1 N–H and O–H groups in total. The summed E-state index contributed by atoms with van der Waals surface area (Å²) in [6, 6.07) is 10.8. The number of methoxy groups -OCH3 is 1. The number of benzene rings is 2. The van der Waals surface area contributed by atoms with Crippen LogP contribution in [0.2, 0.25) is 0 Å². The van der Waals surface area contributed by atoms with Crippen LogP contribution in [0.15, 0.2) is 40.9 Å². The molecule has 0 radical (unpaired) electrons. The average Bonchev–Trinajstić information content (AvgIpc) is 2.61. The van der Waals surface area contributed by atoms with Gasteiger partial charge in [0.1, 0.15) is 0 Å². The van der Waals surface area contributed by atoms with E-state index < -0.39 is 0 Å². The Bertz CT molecular complexity index is 729. The number of anilines is 1. The first kappa shape index (κ1) is 18.0. The molecule has 0 aliphatic rings. The molecule has 1 amide bonds. The van der Waals surface area contributed by atoms with Crippen molar-refractivity contribution in [2.45, 2.75) is 13.3 Å². The van der Waals surface area contributed by atoms with E-state index in [-0.39, 0.29) is 12.5 Å². The van der Waals surface area contributed by atoms with Gasteiger partial charge in [-0.15, -0.1) is 0 Å². The summed E-state index contributed by atoms with van der Waals surface area (Å²) >= 11 is 3.30. The fraction of sp³-hybridized carbons (Fsp3) is 0.222. The highest BCUT2D eigenvalue weighted by molar-refractivity contribution is 9.10. The maximum absolute atomic E-state index is 12.0. The molecule has 0 fully saturated rings. The van der Waals surface area contributed by atoms with Crippen LogP contribution in [0.5, 0.6) is 11.5 Å². The summed E-state index contributed by atoms with van der Waals surface area (Å²) in [5, 5.41) is 2.76. The molecule has 0 saturated carbocycles. The van der Waals surface area contributed by atoms with Crippen molar-refractivity contribution in [1.82, 2.24) is 0 Å². The molecule has 0 aliphatic carbocycles. The van der Waals surface area contributed by atoms with Crippen molar-refractivity contribution in [2.24, 2.45) is 0 Å². The largest absolute Gasteiger partial charge is 0.493 e. The summed E-state index contributed by atoms with van der Waals surface area (Å²) in [6.45, 7) is 1.87. The average molecular weight is 392 g/mol. The van der Waals surface area contributed by atoms with E-state index in [4.69, 9.17) is 9.47 Å². The highest BCUT2D eigenvalue weighted by atomic mass is 79.9. The first-order valence-electron chi connectivity index (χ1n) is 7.42. The summed E-state index contributed by atoms with van der Waals surface area (Å²) < 4.78 is 11.2. The smallest absolute Gasteiger partial charge is 0.262 e. The van der Waals surface area contributed by atoms with Gasteiger partial charge in [0.2, 0.25) is 0 Å². The predicted molar refractivity (Wildman–Crippen MR) is 96.0 cm³/mol. The van der Waals surface area contributed by atoms with E-state index in [0.29, 0.717) is 33.5 Å². The molecule has 5 nitrogen and oxygen atoms in total. The second-order valence-electron chi connectivity index (χ2n) is 5.01. The van der Waals surface area contributed by atoms with Crippen LogP contribution in [0.4, 0.5) is 5.69 Å². The van der Waals surface area contributed by atoms with Crippen molar-refractivity contribution in [3.63, 3.8) is 0 Å². The number of aldehydes is 1. The molecule has 0 aromatic heterocycles. The Balaban J connectivity index is 2.04. The van der Waals surface area contributed by atoms with Crippen molar-refractivity contribution in [2.75, 3.05) is 19.0 Å². The normalized spacial score (nSPS) is 10.1. The van der Waals surface area contributed by atoms with Crippen LogP contribution in [0.3, 0.4) is 0 Å². The standard InChI is InChI=1S/C18H18BrNO4/c1-3-12-4-7-14(8-5-12)20-16(22)11-24-18-15(23-2)9-6-13(10-21)17(18)19/h4-10H,3,11H2,1-2H3,(H,20,22). The maximum Gasteiger partial charge on any atom is 0.262 e. The van der Waals surface area contributed by atoms with E-state index in [9.17, 15) is 9.59 Å². The molecule has 2 aromatic carbocycles. The monoisotopic (exact) mass is 391 g/mol. The molecular formula is C18H18BrNO4. The Labute approximate surface area is 149 Å². The van der Waals surface area contributed by atoms with Crippen LogP contribution in [0.1, 0.15) is 22.8 Å². The van der Waals surface area contributed by atoms with Crippen molar-refractivity contribution < 1.29 is 19.1 Å². The molecule has 2 aromatic rings. The number of ether oxygens (including phenoxy) is 2. The van der Waals surface area contributed by atoms with E-state index in [1.807, 2.05) is 24.3 Å². The molecule has 0 saturated heterocycles. The number of carbonyl (C=O) groups is 2. The molecule has 2 rings (SSSR count).